The Morgan fingerprint density at radius 3 is 2.91 bits per heavy atom. The SMILES string of the molecule is CSc1ccccc1CCCC(O)Cn1cnc(C(N)=O)c1. The summed E-state index contributed by atoms with van der Waals surface area (Å²) >= 11 is 1.74. The number of hydrogen-bond acceptors (Lipinski definition) is 4. The van der Waals surface area contributed by atoms with Crippen molar-refractivity contribution in [1.82, 2.24) is 9.55 Å². The summed E-state index contributed by atoms with van der Waals surface area (Å²) in [7, 11) is 0. The smallest absolute Gasteiger partial charge is 0.268 e. The molecule has 1 atom stereocenters. The van der Waals surface area contributed by atoms with Crippen molar-refractivity contribution in [2.75, 3.05) is 6.26 Å². The first-order chi connectivity index (χ1) is 10.6. The Morgan fingerprint density at radius 2 is 2.23 bits per heavy atom. The average Bonchev–Trinajstić information content (AvgIpc) is 2.96. The topological polar surface area (TPSA) is 81.1 Å². The van der Waals surface area contributed by atoms with Crippen LogP contribution < -0.4 is 5.73 Å². The molecule has 0 aliphatic heterocycles. The second-order valence-corrected chi connectivity index (χ2v) is 6.03. The first kappa shape index (κ1) is 16.6. The van der Waals surface area contributed by atoms with Gasteiger partial charge in [0, 0.05) is 17.6 Å². The Kier molecular flexibility index (Phi) is 6.03. The standard InChI is InChI=1S/C16H21N3O2S/c1-22-15-8-3-2-5-12(15)6-4-7-13(20)9-19-10-14(16(17)21)18-11-19/h2-3,5,8,10-11,13,20H,4,6-7,9H2,1H3,(H2,17,21). The zero-order valence-corrected chi connectivity index (χ0v) is 13.4. The van der Waals surface area contributed by atoms with Gasteiger partial charge in [0.25, 0.3) is 5.91 Å². The van der Waals surface area contributed by atoms with E-state index in [0.29, 0.717) is 13.0 Å². The van der Waals surface area contributed by atoms with Gasteiger partial charge < -0.3 is 15.4 Å². The molecule has 0 aliphatic rings. The van der Waals surface area contributed by atoms with Crippen LogP contribution >= 0.6 is 11.8 Å². The second kappa shape index (κ2) is 8.00. The number of benzene rings is 1. The molecule has 2 rings (SSSR count). The van der Waals surface area contributed by atoms with Gasteiger partial charge in [-0.1, -0.05) is 18.2 Å². The lowest BCUT2D eigenvalue weighted by Crippen LogP contribution is -2.15. The van der Waals surface area contributed by atoms with Gasteiger partial charge in [-0.05, 0) is 37.1 Å². The molecular formula is C16H21N3O2S. The highest BCUT2D eigenvalue weighted by Gasteiger charge is 2.09. The van der Waals surface area contributed by atoms with Gasteiger partial charge in [-0.3, -0.25) is 4.79 Å². The van der Waals surface area contributed by atoms with Crippen LogP contribution in [0.15, 0.2) is 41.7 Å². The van der Waals surface area contributed by atoms with Crippen molar-refractivity contribution in [3.8, 4) is 0 Å². The lowest BCUT2D eigenvalue weighted by molar-refractivity contribution is 0.0995. The summed E-state index contributed by atoms with van der Waals surface area (Å²) in [4.78, 5) is 16.2. The normalized spacial score (nSPS) is 12.3. The Hall–Kier alpha value is -1.79. The fourth-order valence-electron chi connectivity index (χ4n) is 2.36. The Bertz CT molecular complexity index is 627. The first-order valence-corrected chi connectivity index (χ1v) is 8.44. The van der Waals surface area contributed by atoms with Gasteiger partial charge in [0.15, 0.2) is 0 Å². The van der Waals surface area contributed by atoms with E-state index in [0.717, 1.165) is 12.8 Å². The molecule has 2 aromatic rings. The summed E-state index contributed by atoms with van der Waals surface area (Å²) in [6, 6.07) is 8.34. The molecule has 0 saturated heterocycles. The molecule has 1 aromatic heterocycles. The Balaban J connectivity index is 1.80. The Morgan fingerprint density at radius 1 is 1.45 bits per heavy atom. The van der Waals surface area contributed by atoms with Crippen molar-refractivity contribution >= 4 is 17.7 Å². The van der Waals surface area contributed by atoms with E-state index in [1.54, 1.807) is 22.5 Å². The van der Waals surface area contributed by atoms with E-state index in [1.165, 1.54) is 16.8 Å². The average molecular weight is 319 g/mol. The zero-order valence-electron chi connectivity index (χ0n) is 12.6. The maximum absolute atomic E-state index is 11.0. The predicted octanol–water partition coefficient (Wildman–Crippen LogP) is 2.09. The minimum atomic E-state index is -0.554. The van der Waals surface area contributed by atoms with Crippen LogP contribution in [0.4, 0.5) is 0 Å². The molecule has 118 valence electrons. The Labute approximate surface area is 134 Å². The van der Waals surface area contributed by atoms with Crippen LogP contribution in [-0.2, 0) is 13.0 Å². The lowest BCUT2D eigenvalue weighted by Gasteiger charge is -2.12. The largest absolute Gasteiger partial charge is 0.391 e. The molecule has 6 heteroatoms. The summed E-state index contributed by atoms with van der Waals surface area (Å²) < 4.78 is 1.70. The quantitative estimate of drug-likeness (QED) is 0.730. The van der Waals surface area contributed by atoms with Crippen molar-refractivity contribution in [3.05, 3.63) is 48.0 Å². The number of primary amides is 1. The molecule has 3 N–H and O–H groups in total. The van der Waals surface area contributed by atoms with Crippen molar-refractivity contribution in [1.29, 1.82) is 0 Å². The molecule has 0 saturated carbocycles. The third-order valence-electron chi connectivity index (χ3n) is 3.48. The van der Waals surface area contributed by atoms with E-state index in [2.05, 4.69) is 23.4 Å². The predicted molar refractivity (Wildman–Crippen MR) is 87.9 cm³/mol. The summed E-state index contributed by atoms with van der Waals surface area (Å²) in [5, 5.41) is 10.1. The summed E-state index contributed by atoms with van der Waals surface area (Å²) in [5.41, 5.74) is 6.69. The molecule has 1 unspecified atom stereocenters. The minimum Gasteiger partial charge on any atom is -0.391 e. The van der Waals surface area contributed by atoms with E-state index in [9.17, 15) is 9.90 Å². The van der Waals surface area contributed by atoms with Crippen LogP contribution in [0, 0.1) is 0 Å². The van der Waals surface area contributed by atoms with Gasteiger partial charge >= 0.3 is 0 Å². The molecule has 0 spiro atoms. The van der Waals surface area contributed by atoms with E-state index in [1.807, 2.05) is 12.1 Å². The third-order valence-corrected chi connectivity index (χ3v) is 4.32. The third kappa shape index (κ3) is 4.61. The molecule has 0 bridgehead atoms. The number of imidazole rings is 1. The minimum absolute atomic E-state index is 0.223. The number of nitrogens with two attached hydrogens (primary N) is 1. The van der Waals surface area contributed by atoms with Gasteiger partial charge in [0.05, 0.1) is 12.4 Å². The summed E-state index contributed by atoms with van der Waals surface area (Å²) in [6.07, 6.45) is 7.26. The maximum Gasteiger partial charge on any atom is 0.268 e. The molecule has 1 heterocycles. The van der Waals surface area contributed by atoms with Crippen LogP contribution in [0.2, 0.25) is 0 Å². The molecule has 22 heavy (non-hydrogen) atoms. The maximum atomic E-state index is 11.0. The van der Waals surface area contributed by atoms with Crippen LogP contribution in [0.1, 0.15) is 28.9 Å². The molecule has 5 nitrogen and oxygen atoms in total. The van der Waals surface area contributed by atoms with Gasteiger partial charge in [-0.15, -0.1) is 11.8 Å². The van der Waals surface area contributed by atoms with Crippen molar-refractivity contribution in [3.63, 3.8) is 0 Å². The number of hydrogen-bond donors (Lipinski definition) is 2. The van der Waals surface area contributed by atoms with E-state index < -0.39 is 12.0 Å². The van der Waals surface area contributed by atoms with Gasteiger partial charge in [0.2, 0.25) is 0 Å². The summed E-state index contributed by atoms with van der Waals surface area (Å²) in [6.45, 7) is 0.421. The van der Waals surface area contributed by atoms with Gasteiger partial charge in [-0.25, -0.2) is 4.98 Å². The fraction of sp³-hybridized carbons (Fsp3) is 0.375. The van der Waals surface area contributed by atoms with Crippen molar-refractivity contribution in [2.24, 2.45) is 5.73 Å². The highest BCUT2D eigenvalue weighted by atomic mass is 32.2. The van der Waals surface area contributed by atoms with Crippen molar-refractivity contribution < 1.29 is 9.90 Å². The number of aromatic nitrogens is 2. The van der Waals surface area contributed by atoms with Gasteiger partial charge in [-0.2, -0.15) is 0 Å². The second-order valence-electron chi connectivity index (χ2n) is 5.18. The number of thioether (sulfide) groups is 1. The van der Waals surface area contributed by atoms with Crippen LogP contribution in [-0.4, -0.2) is 32.9 Å². The molecule has 0 fully saturated rings. The van der Waals surface area contributed by atoms with Crippen molar-refractivity contribution in [2.45, 2.75) is 36.8 Å². The number of carbonyl (C=O) groups excluding carboxylic acids is 1. The first-order valence-electron chi connectivity index (χ1n) is 7.21. The van der Waals surface area contributed by atoms with Crippen LogP contribution in [0.25, 0.3) is 0 Å². The lowest BCUT2D eigenvalue weighted by atomic mass is 10.1. The van der Waals surface area contributed by atoms with Gasteiger partial charge in [0.1, 0.15) is 5.69 Å². The molecule has 1 amide bonds. The monoisotopic (exact) mass is 319 g/mol. The van der Waals surface area contributed by atoms with E-state index in [-0.39, 0.29) is 5.69 Å². The van der Waals surface area contributed by atoms with Crippen LogP contribution in [0.3, 0.4) is 0 Å². The number of aliphatic hydroxyl groups is 1. The van der Waals surface area contributed by atoms with E-state index >= 15 is 0 Å². The number of amides is 1. The number of nitrogens with zero attached hydrogens (tertiary/aromatic N) is 2. The number of rotatable bonds is 8. The number of carbonyl (C=O) groups is 1. The molecule has 1 aromatic carbocycles. The molecular weight excluding hydrogens is 298 g/mol. The summed E-state index contributed by atoms with van der Waals surface area (Å²) in [5.74, 6) is -0.554. The molecule has 0 radical (unpaired) electrons. The molecule has 0 aliphatic carbocycles. The zero-order chi connectivity index (χ0) is 15.9. The fourth-order valence-corrected chi connectivity index (χ4v) is 3.01. The highest BCUT2D eigenvalue weighted by molar-refractivity contribution is 7.98. The van der Waals surface area contributed by atoms with E-state index in [4.69, 9.17) is 5.73 Å². The number of aryl methyl sites for hydroxylation is 1. The highest BCUT2D eigenvalue weighted by Crippen LogP contribution is 2.21. The van der Waals surface area contributed by atoms with Crippen LogP contribution in [0.5, 0.6) is 0 Å². The number of aliphatic hydroxyl groups excluding tert-OH is 1.